The van der Waals surface area contributed by atoms with E-state index in [4.69, 9.17) is 15.9 Å². The van der Waals surface area contributed by atoms with Crippen molar-refractivity contribution in [1.29, 1.82) is 5.41 Å². The molecule has 0 aliphatic carbocycles. The van der Waals surface area contributed by atoms with E-state index in [9.17, 15) is 9.59 Å². The monoisotopic (exact) mass is 372 g/mol. The molecule has 1 aromatic rings. The van der Waals surface area contributed by atoms with E-state index < -0.39 is 0 Å². The summed E-state index contributed by atoms with van der Waals surface area (Å²) < 4.78 is 5.94. The zero-order valence-electron chi connectivity index (χ0n) is 15.9. The topological polar surface area (TPSA) is 99.7 Å². The van der Waals surface area contributed by atoms with Crippen LogP contribution in [0.3, 0.4) is 0 Å². The lowest BCUT2D eigenvalue weighted by Crippen LogP contribution is -2.59. The van der Waals surface area contributed by atoms with E-state index in [-0.39, 0.29) is 29.9 Å². The lowest BCUT2D eigenvalue weighted by Gasteiger charge is -2.47. The van der Waals surface area contributed by atoms with Crippen molar-refractivity contribution in [2.45, 2.75) is 38.2 Å². The van der Waals surface area contributed by atoms with Gasteiger partial charge in [0.25, 0.3) is 5.91 Å². The van der Waals surface area contributed by atoms with Gasteiger partial charge in [-0.1, -0.05) is 25.5 Å². The third-order valence-corrected chi connectivity index (χ3v) is 5.52. The van der Waals surface area contributed by atoms with Crippen molar-refractivity contribution in [3.63, 3.8) is 0 Å². The number of nitrogens with two attached hydrogens (primary N) is 1. The number of morpholine rings is 1. The maximum atomic E-state index is 12.7. The molecule has 7 heteroatoms. The Kier molecular flexibility index (Phi) is 5.79. The fourth-order valence-corrected chi connectivity index (χ4v) is 3.74. The number of piperidine rings is 1. The van der Waals surface area contributed by atoms with Crippen LogP contribution in [0.25, 0.3) is 0 Å². The van der Waals surface area contributed by atoms with Crippen LogP contribution in [0.1, 0.15) is 48.5 Å². The second-order valence-corrected chi connectivity index (χ2v) is 7.42. The van der Waals surface area contributed by atoms with Gasteiger partial charge in [-0.05, 0) is 31.4 Å². The van der Waals surface area contributed by atoms with Crippen LogP contribution >= 0.6 is 0 Å². The highest BCUT2D eigenvalue weighted by Gasteiger charge is 2.42. The summed E-state index contributed by atoms with van der Waals surface area (Å²) in [6.45, 7) is 4.90. The summed E-state index contributed by atoms with van der Waals surface area (Å²) in [6, 6.07) is 6.82. The first-order valence-corrected chi connectivity index (χ1v) is 9.59. The maximum Gasteiger partial charge on any atom is 0.253 e. The molecule has 2 saturated heterocycles. The normalized spacial score (nSPS) is 19.4. The molecule has 0 bridgehead atoms. The fourth-order valence-electron chi connectivity index (χ4n) is 3.74. The Bertz CT molecular complexity index is 708. The average Bonchev–Trinajstić information content (AvgIpc) is 2.69. The molecular weight excluding hydrogens is 344 g/mol. The lowest BCUT2D eigenvalue weighted by atomic mass is 9.88. The average molecular weight is 372 g/mol. The third-order valence-electron chi connectivity index (χ3n) is 5.52. The molecule has 2 aliphatic heterocycles. The zero-order valence-corrected chi connectivity index (χ0v) is 15.9. The Balaban J connectivity index is 1.60. The van der Waals surface area contributed by atoms with E-state index in [1.165, 1.54) is 0 Å². The summed E-state index contributed by atoms with van der Waals surface area (Å²) in [7, 11) is 0. The Labute approximate surface area is 160 Å². The number of hydrogen-bond donors (Lipinski definition) is 2. The number of carbonyl (C=O) groups is 2. The SMILES string of the molecule is CCCCN1CC2(CCN(C(=O)c3ccc(C(=N)N)cc3)CC2)OCC1=O. The van der Waals surface area contributed by atoms with Gasteiger partial charge in [-0.2, -0.15) is 0 Å². The number of carbonyl (C=O) groups excluding carboxylic acids is 2. The van der Waals surface area contributed by atoms with Crippen molar-refractivity contribution < 1.29 is 14.3 Å². The second kappa shape index (κ2) is 8.08. The summed E-state index contributed by atoms with van der Waals surface area (Å²) in [5, 5.41) is 7.43. The van der Waals surface area contributed by atoms with Gasteiger partial charge in [-0.15, -0.1) is 0 Å². The van der Waals surface area contributed by atoms with Crippen LogP contribution in [-0.4, -0.2) is 65.8 Å². The molecule has 0 radical (unpaired) electrons. The van der Waals surface area contributed by atoms with Crippen molar-refractivity contribution in [3.05, 3.63) is 35.4 Å². The fraction of sp³-hybridized carbons (Fsp3) is 0.550. The van der Waals surface area contributed by atoms with E-state index >= 15 is 0 Å². The van der Waals surface area contributed by atoms with Crippen molar-refractivity contribution in [3.8, 4) is 0 Å². The van der Waals surface area contributed by atoms with E-state index in [0.717, 1.165) is 32.2 Å². The zero-order chi connectivity index (χ0) is 19.4. The highest BCUT2D eigenvalue weighted by molar-refractivity contribution is 5.98. The van der Waals surface area contributed by atoms with Crippen LogP contribution in [0, 0.1) is 5.41 Å². The number of rotatable bonds is 5. The number of amidine groups is 1. The van der Waals surface area contributed by atoms with Gasteiger partial charge in [0.1, 0.15) is 12.4 Å². The Morgan fingerprint density at radius 1 is 1.22 bits per heavy atom. The van der Waals surface area contributed by atoms with Crippen LogP contribution in [0.2, 0.25) is 0 Å². The Hall–Kier alpha value is -2.41. The third kappa shape index (κ3) is 4.30. The molecule has 0 unspecified atom stereocenters. The first-order valence-electron chi connectivity index (χ1n) is 9.59. The molecule has 146 valence electrons. The molecular formula is C20H28N4O3. The molecule has 0 atom stereocenters. The van der Waals surface area contributed by atoms with E-state index in [1.54, 1.807) is 24.3 Å². The molecule has 3 N–H and O–H groups in total. The van der Waals surface area contributed by atoms with Gasteiger partial charge in [0.2, 0.25) is 5.91 Å². The number of amides is 2. The number of unbranched alkanes of at least 4 members (excludes halogenated alkanes) is 1. The van der Waals surface area contributed by atoms with Crippen molar-refractivity contribution >= 4 is 17.6 Å². The molecule has 2 heterocycles. The van der Waals surface area contributed by atoms with Gasteiger partial charge in [-0.3, -0.25) is 15.0 Å². The van der Waals surface area contributed by atoms with Crippen LogP contribution in [-0.2, 0) is 9.53 Å². The Morgan fingerprint density at radius 3 is 2.44 bits per heavy atom. The summed E-state index contributed by atoms with van der Waals surface area (Å²) in [5.74, 6) is 0.0401. The maximum absolute atomic E-state index is 12.7. The molecule has 1 aromatic carbocycles. The van der Waals surface area contributed by atoms with Crippen LogP contribution in [0.15, 0.2) is 24.3 Å². The molecule has 0 aromatic heterocycles. The van der Waals surface area contributed by atoms with E-state index in [1.807, 2.05) is 9.80 Å². The van der Waals surface area contributed by atoms with Gasteiger partial charge in [0.15, 0.2) is 0 Å². The molecule has 2 aliphatic rings. The predicted molar refractivity (Wildman–Crippen MR) is 103 cm³/mol. The minimum absolute atomic E-state index is 0.00876. The quantitative estimate of drug-likeness (QED) is 0.606. The van der Waals surface area contributed by atoms with Crippen LogP contribution < -0.4 is 5.73 Å². The standard InChI is InChI=1S/C20H28N4O3/c1-2-3-10-24-14-20(27-13-17(24)25)8-11-23(12-9-20)19(26)16-6-4-15(5-7-16)18(21)22/h4-7H,2-3,8-14H2,1H3,(H3,21,22). The van der Waals surface area contributed by atoms with E-state index in [2.05, 4.69) is 6.92 Å². The lowest BCUT2D eigenvalue weighted by molar-refractivity contribution is -0.170. The second-order valence-electron chi connectivity index (χ2n) is 7.42. The van der Waals surface area contributed by atoms with Crippen molar-refractivity contribution in [2.75, 3.05) is 32.8 Å². The number of nitrogen functional groups attached to an aromatic ring is 1. The molecule has 7 nitrogen and oxygen atoms in total. The molecule has 3 rings (SSSR count). The van der Waals surface area contributed by atoms with Crippen LogP contribution in [0.5, 0.6) is 0 Å². The van der Waals surface area contributed by atoms with Crippen molar-refractivity contribution in [1.82, 2.24) is 9.80 Å². The summed E-state index contributed by atoms with van der Waals surface area (Å²) in [5.41, 5.74) is 6.34. The summed E-state index contributed by atoms with van der Waals surface area (Å²) in [6.07, 6.45) is 3.53. The molecule has 27 heavy (non-hydrogen) atoms. The van der Waals surface area contributed by atoms with Crippen LogP contribution in [0.4, 0.5) is 0 Å². The summed E-state index contributed by atoms with van der Waals surface area (Å²) in [4.78, 5) is 28.6. The number of benzene rings is 1. The van der Waals surface area contributed by atoms with Gasteiger partial charge < -0.3 is 20.3 Å². The Morgan fingerprint density at radius 2 is 1.85 bits per heavy atom. The number of likely N-dealkylation sites (tertiary alicyclic amines) is 1. The molecule has 2 amide bonds. The van der Waals surface area contributed by atoms with Crippen molar-refractivity contribution in [2.24, 2.45) is 5.73 Å². The largest absolute Gasteiger partial charge is 0.384 e. The smallest absolute Gasteiger partial charge is 0.253 e. The molecule has 0 saturated carbocycles. The number of nitrogens with zero attached hydrogens (tertiary/aromatic N) is 2. The first kappa shape index (κ1) is 19.4. The first-order chi connectivity index (χ1) is 12.9. The predicted octanol–water partition coefficient (Wildman–Crippen LogP) is 1.60. The summed E-state index contributed by atoms with van der Waals surface area (Å²) >= 11 is 0. The minimum Gasteiger partial charge on any atom is -0.384 e. The van der Waals surface area contributed by atoms with Gasteiger partial charge in [-0.25, -0.2) is 0 Å². The van der Waals surface area contributed by atoms with Gasteiger partial charge in [0, 0.05) is 37.3 Å². The highest BCUT2D eigenvalue weighted by atomic mass is 16.5. The highest BCUT2D eigenvalue weighted by Crippen LogP contribution is 2.31. The van der Waals surface area contributed by atoms with E-state index in [0.29, 0.717) is 30.8 Å². The number of nitrogens with one attached hydrogen (secondary N) is 1. The van der Waals surface area contributed by atoms with Gasteiger partial charge >= 0.3 is 0 Å². The number of ether oxygens (including phenoxy) is 1. The molecule has 2 fully saturated rings. The molecule has 1 spiro atoms. The number of hydrogen-bond acceptors (Lipinski definition) is 4. The van der Waals surface area contributed by atoms with Gasteiger partial charge in [0.05, 0.1) is 5.60 Å². The minimum atomic E-state index is -0.323.